The quantitative estimate of drug-likeness (QED) is 0.757. The molecule has 1 N–H and O–H groups in total. The first-order chi connectivity index (χ1) is 12.9. The summed E-state index contributed by atoms with van der Waals surface area (Å²) in [6.07, 6.45) is 2.68. The van der Waals surface area contributed by atoms with Crippen molar-refractivity contribution in [3.05, 3.63) is 23.8 Å². The second-order valence-corrected chi connectivity index (χ2v) is 7.54. The monoisotopic (exact) mass is 376 g/mol. The van der Waals surface area contributed by atoms with E-state index in [0.29, 0.717) is 31.4 Å². The molecule has 0 bridgehead atoms. The number of hydrogen-bond donors (Lipinski definition) is 1. The van der Waals surface area contributed by atoms with E-state index in [1.165, 1.54) is 0 Å². The Morgan fingerprint density at radius 1 is 1.30 bits per heavy atom. The Morgan fingerprint density at radius 2 is 2.07 bits per heavy atom. The summed E-state index contributed by atoms with van der Waals surface area (Å²) < 4.78 is 11.2. The van der Waals surface area contributed by atoms with Gasteiger partial charge in [-0.3, -0.25) is 9.59 Å². The van der Waals surface area contributed by atoms with Crippen molar-refractivity contribution in [1.29, 1.82) is 0 Å². The van der Waals surface area contributed by atoms with Crippen LogP contribution in [-0.4, -0.2) is 43.5 Å². The molecule has 1 aliphatic heterocycles. The van der Waals surface area contributed by atoms with Crippen LogP contribution in [0.4, 0.5) is 0 Å². The molecular formula is C21H32N2O4. The van der Waals surface area contributed by atoms with Crippen LogP contribution in [0.2, 0.25) is 0 Å². The number of carbonyl (C=O) groups is 2. The van der Waals surface area contributed by atoms with E-state index in [2.05, 4.69) is 19.2 Å². The van der Waals surface area contributed by atoms with Gasteiger partial charge in [0.2, 0.25) is 11.8 Å². The Labute approximate surface area is 162 Å². The highest BCUT2D eigenvalue weighted by Gasteiger charge is 2.26. The van der Waals surface area contributed by atoms with Crippen molar-refractivity contribution in [3.63, 3.8) is 0 Å². The van der Waals surface area contributed by atoms with Crippen molar-refractivity contribution in [2.45, 2.75) is 46.6 Å². The van der Waals surface area contributed by atoms with Gasteiger partial charge in [0.05, 0.1) is 19.6 Å². The molecule has 0 saturated carbocycles. The molecule has 1 fully saturated rings. The van der Waals surface area contributed by atoms with Crippen LogP contribution < -0.4 is 14.8 Å². The molecule has 2 amide bonds. The van der Waals surface area contributed by atoms with Crippen molar-refractivity contribution in [2.24, 2.45) is 11.8 Å². The van der Waals surface area contributed by atoms with Crippen LogP contribution in [0.15, 0.2) is 18.2 Å². The highest BCUT2D eigenvalue weighted by atomic mass is 16.5. The standard InChI is InChI=1S/C21H32N2O4/c1-15(2)9-11-27-19-8-7-17(12-20(19)26-4)13-22-21(25)18-6-5-10-23(14-18)16(3)24/h7-8,12,15,18H,5-6,9-11,13-14H2,1-4H3,(H,22,25). The molecule has 6 nitrogen and oxygen atoms in total. The Kier molecular flexibility index (Phi) is 7.95. The fourth-order valence-corrected chi connectivity index (χ4v) is 3.16. The maximum atomic E-state index is 12.5. The number of nitrogens with one attached hydrogen (secondary N) is 1. The van der Waals surface area contributed by atoms with E-state index in [1.54, 1.807) is 18.9 Å². The van der Waals surface area contributed by atoms with Crippen LogP contribution >= 0.6 is 0 Å². The number of methoxy groups -OCH3 is 1. The Hall–Kier alpha value is -2.24. The van der Waals surface area contributed by atoms with Gasteiger partial charge in [-0.2, -0.15) is 0 Å². The first-order valence-corrected chi connectivity index (χ1v) is 9.73. The van der Waals surface area contributed by atoms with Crippen LogP contribution in [0.5, 0.6) is 11.5 Å². The molecular weight excluding hydrogens is 344 g/mol. The molecule has 1 heterocycles. The molecule has 2 rings (SSSR count). The lowest BCUT2D eigenvalue weighted by Crippen LogP contribution is -2.44. The van der Waals surface area contributed by atoms with E-state index in [0.717, 1.165) is 37.1 Å². The zero-order valence-electron chi connectivity index (χ0n) is 16.9. The summed E-state index contributed by atoms with van der Waals surface area (Å²) in [4.78, 5) is 25.7. The van der Waals surface area contributed by atoms with Gasteiger partial charge in [-0.15, -0.1) is 0 Å². The first-order valence-electron chi connectivity index (χ1n) is 9.73. The van der Waals surface area contributed by atoms with Gasteiger partial charge in [-0.1, -0.05) is 19.9 Å². The van der Waals surface area contributed by atoms with Crippen LogP contribution in [0, 0.1) is 11.8 Å². The SMILES string of the molecule is COc1cc(CNC(=O)C2CCCN(C(C)=O)C2)ccc1OCCC(C)C. The number of ether oxygens (including phenoxy) is 2. The first kappa shape index (κ1) is 21.1. The number of nitrogens with zero attached hydrogens (tertiary/aromatic N) is 1. The maximum Gasteiger partial charge on any atom is 0.225 e. The minimum atomic E-state index is -0.136. The van der Waals surface area contributed by atoms with Crippen LogP contribution in [0.25, 0.3) is 0 Å². The number of hydrogen-bond acceptors (Lipinski definition) is 4. The van der Waals surface area contributed by atoms with Crippen LogP contribution in [0.3, 0.4) is 0 Å². The molecule has 1 aliphatic rings. The fraction of sp³-hybridized carbons (Fsp3) is 0.619. The van der Waals surface area contributed by atoms with Gasteiger partial charge in [0.1, 0.15) is 0 Å². The third-order valence-corrected chi connectivity index (χ3v) is 4.89. The molecule has 1 aromatic rings. The van der Waals surface area contributed by atoms with Gasteiger partial charge in [0.15, 0.2) is 11.5 Å². The minimum absolute atomic E-state index is 0.00261. The highest BCUT2D eigenvalue weighted by Crippen LogP contribution is 2.28. The zero-order chi connectivity index (χ0) is 19.8. The number of rotatable bonds is 8. The maximum absolute atomic E-state index is 12.5. The fourth-order valence-electron chi connectivity index (χ4n) is 3.16. The van der Waals surface area contributed by atoms with Gasteiger partial charge in [-0.25, -0.2) is 0 Å². The summed E-state index contributed by atoms with van der Waals surface area (Å²) in [6, 6.07) is 5.72. The molecule has 150 valence electrons. The summed E-state index contributed by atoms with van der Waals surface area (Å²) in [5, 5.41) is 2.98. The molecule has 27 heavy (non-hydrogen) atoms. The highest BCUT2D eigenvalue weighted by molar-refractivity contribution is 5.80. The Bertz CT molecular complexity index is 645. The van der Waals surface area contributed by atoms with Crippen LogP contribution in [0.1, 0.15) is 45.6 Å². The molecule has 1 atom stereocenters. The third-order valence-electron chi connectivity index (χ3n) is 4.89. The molecule has 0 aromatic heterocycles. The van der Waals surface area contributed by atoms with Crippen molar-refractivity contribution < 1.29 is 19.1 Å². The lowest BCUT2D eigenvalue weighted by molar-refractivity contribution is -0.134. The number of benzene rings is 1. The summed E-state index contributed by atoms with van der Waals surface area (Å²) in [6.45, 7) is 8.21. The van der Waals surface area contributed by atoms with E-state index in [4.69, 9.17) is 9.47 Å². The predicted molar refractivity (Wildman–Crippen MR) is 105 cm³/mol. The second kappa shape index (κ2) is 10.2. The number of carbonyl (C=O) groups excluding carboxylic acids is 2. The van der Waals surface area contributed by atoms with Crippen LogP contribution in [-0.2, 0) is 16.1 Å². The topological polar surface area (TPSA) is 67.9 Å². The molecule has 1 unspecified atom stereocenters. The second-order valence-electron chi connectivity index (χ2n) is 7.54. The van der Waals surface area contributed by atoms with Crippen molar-refractivity contribution >= 4 is 11.8 Å². The largest absolute Gasteiger partial charge is 0.493 e. The number of likely N-dealkylation sites (tertiary alicyclic amines) is 1. The third kappa shape index (κ3) is 6.45. The normalized spacial score (nSPS) is 16.9. The molecule has 1 aromatic carbocycles. The Balaban J connectivity index is 1.89. The number of piperidine rings is 1. The zero-order valence-corrected chi connectivity index (χ0v) is 16.9. The molecule has 0 spiro atoms. The average molecular weight is 376 g/mol. The lowest BCUT2D eigenvalue weighted by atomic mass is 9.97. The summed E-state index contributed by atoms with van der Waals surface area (Å²) in [5.74, 6) is 1.87. The van der Waals surface area contributed by atoms with Gasteiger partial charge in [0.25, 0.3) is 0 Å². The summed E-state index contributed by atoms with van der Waals surface area (Å²) in [5.41, 5.74) is 0.954. The van der Waals surface area contributed by atoms with Gasteiger partial charge in [-0.05, 0) is 42.9 Å². The number of amides is 2. The summed E-state index contributed by atoms with van der Waals surface area (Å²) in [7, 11) is 1.62. The summed E-state index contributed by atoms with van der Waals surface area (Å²) >= 11 is 0. The van der Waals surface area contributed by atoms with Gasteiger partial charge >= 0.3 is 0 Å². The van der Waals surface area contributed by atoms with Gasteiger partial charge < -0.3 is 19.7 Å². The van der Waals surface area contributed by atoms with E-state index >= 15 is 0 Å². The van der Waals surface area contributed by atoms with E-state index in [1.807, 2.05) is 18.2 Å². The van der Waals surface area contributed by atoms with Gasteiger partial charge in [0, 0.05) is 26.6 Å². The molecule has 1 saturated heterocycles. The van der Waals surface area contributed by atoms with Crippen molar-refractivity contribution in [1.82, 2.24) is 10.2 Å². The smallest absolute Gasteiger partial charge is 0.225 e. The van der Waals surface area contributed by atoms with Crippen molar-refractivity contribution in [3.8, 4) is 11.5 Å². The predicted octanol–water partition coefficient (Wildman–Crippen LogP) is 2.99. The minimum Gasteiger partial charge on any atom is -0.493 e. The molecule has 0 aliphatic carbocycles. The Morgan fingerprint density at radius 3 is 2.74 bits per heavy atom. The van der Waals surface area contributed by atoms with E-state index in [9.17, 15) is 9.59 Å². The van der Waals surface area contributed by atoms with Crippen molar-refractivity contribution in [2.75, 3.05) is 26.8 Å². The molecule has 6 heteroatoms. The lowest BCUT2D eigenvalue weighted by Gasteiger charge is -2.31. The molecule has 0 radical (unpaired) electrons. The average Bonchev–Trinajstić information content (AvgIpc) is 2.66. The van der Waals surface area contributed by atoms with E-state index in [-0.39, 0.29) is 17.7 Å². The van der Waals surface area contributed by atoms with E-state index < -0.39 is 0 Å².